The number of rotatable bonds is 13. The summed E-state index contributed by atoms with van der Waals surface area (Å²) in [5, 5.41) is 0. The molecule has 0 aromatic rings. The molecule has 0 bridgehead atoms. The van der Waals surface area contributed by atoms with Gasteiger partial charge in [-0.25, -0.2) is 0 Å². The van der Waals surface area contributed by atoms with E-state index in [1.54, 1.807) is 0 Å². The average Bonchev–Trinajstić information content (AvgIpc) is 2.93. The molecule has 23 heavy (non-hydrogen) atoms. The van der Waals surface area contributed by atoms with Gasteiger partial charge in [-0.15, -0.1) is 0 Å². The lowest BCUT2D eigenvalue weighted by Gasteiger charge is -2.25. The van der Waals surface area contributed by atoms with Gasteiger partial charge in [-0.1, -0.05) is 65.2 Å². The van der Waals surface area contributed by atoms with Crippen molar-refractivity contribution in [2.45, 2.75) is 103 Å². The van der Waals surface area contributed by atoms with Crippen molar-refractivity contribution >= 4 is 11.9 Å². The number of esters is 2. The van der Waals surface area contributed by atoms with Crippen molar-refractivity contribution in [3.05, 3.63) is 0 Å². The van der Waals surface area contributed by atoms with Crippen molar-refractivity contribution in [1.29, 1.82) is 0 Å². The Balaban J connectivity index is 1.99. The van der Waals surface area contributed by atoms with Crippen LogP contribution in [-0.4, -0.2) is 24.1 Å². The molecule has 0 aromatic carbocycles. The molecule has 4 heteroatoms. The first-order valence-electron chi connectivity index (χ1n) is 9.49. The molecule has 1 heterocycles. The summed E-state index contributed by atoms with van der Waals surface area (Å²) < 4.78 is 10.7. The normalized spacial score (nSPS) is 20.5. The van der Waals surface area contributed by atoms with Crippen molar-refractivity contribution in [2.24, 2.45) is 0 Å². The van der Waals surface area contributed by atoms with Gasteiger partial charge in [-0.05, 0) is 12.8 Å². The Hall–Kier alpha value is -1.06. The summed E-state index contributed by atoms with van der Waals surface area (Å²) in [5.74, 6) is -0.342. The molecular formula is C19H34O4. The Morgan fingerprint density at radius 2 is 1.65 bits per heavy atom. The average molecular weight is 326 g/mol. The first-order valence-corrected chi connectivity index (χ1v) is 9.49. The summed E-state index contributed by atoms with van der Waals surface area (Å²) in [6.07, 6.45) is 13.4. The Labute approximate surface area is 141 Å². The first kappa shape index (κ1) is 20.0. The van der Waals surface area contributed by atoms with E-state index in [2.05, 4.69) is 6.92 Å². The fraction of sp³-hybridized carbons (Fsp3) is 0.895. The highest BCUT2D eigenvalue weighted by Crippen LogP contribution is 2.30. The molecule has 0 radical (unpaired) electrons. The van der Waals surface area contributed by atoms with Crippen LogP contribution in [0.2, 0.25) is 0 Å². The zero-order valence-corrected chi connectivity index (χ0v) is 15.0. The van der Waals surface area contributed by atoms with Crippen LogP contribution in [0.3, 0.4) is 0 Å². The first-order chi connectivity index (χ1) is 11.1. The van der Waals surface area contributed by atoms with Crippen molar-refractivity contribution in [1.82, 2.24) is 0 Å². The number of hydrogen-bond donors (Lipinski definition) is 0. The van der Waals surface area contributed by atoms with Crippen LogP contribution in [0.25, 0.3) is 0 Å². The molecule has 1 aliphatic rings. The molecule has 0 saturated carbocycles. The van der Waals surface area contributed by atoms with Crippen LogP contribution in [0.15, 0.2) is 0 Å². The highest BCUT2D eigenvalue weighted by Gasteiger charge is 2.40. The predicted octanol–water partition coefficient (Wildman–Crippen LogP) is 4.94. The number of hydrogen-bond acceptors (Lipinski definition) is 4. The second-order valence-electron chi connectivity index (χ2n) is 6.75. The minimum Gasteiger partial charge on any atom is -0.461 e. The predicted molar refractivity (Wildman–Crippen MR) is 91.2 cm³/mol. The van der Waals surface area contributed by atoms with Gasteiger partial charge >= 0.3 is 11.9 Å². The molecule has 0 spiro atoms. The number of carbonyl (C=O) groups excluding carboxylic acids is 2. The van der Waals surface area contributed by atoms with Crippen LogP contribution >= 0.6 is 0 Å². The molecule has 0 aromatic heterocycles. The van der Waals surface area contributed by atoms with Crippen LogP contribution < -0.4 is 0 Å². The smallest absolute Gasteiger partial charge is 0.306 e. The van der Waals surface area contributed by atoms with E-state index in [1.165, 1.54) is 44.9 Å². The van der Waals surface area contributed by atoms with Gasteiger partial charge in [0.05, 0.1) is 0 Å². The highest BCUT2D eigenvalue weighted by atomic mass is 16.6. The van der Waals surface area contributed by atoms with Gasteiger partial charge in [-0.3, -0.25) is 9.59 Å². The lowest BCUT2D eigenvalue weighted by molar-refractivity contribution is -0.163. The standard InChI is InChI=1S/C19H34O4/c1-3-5-6-7-8-9-10-11-12-13-17(20)22-16-19(4-2)15-14-18(21)23-19/h3-16H2,1-2H3. The summed E-state index contributed by atoms with van der Waals surface area (Å²) in [6, 6.07) is 0. The van der Waals surface area contributed by atoms with Crippen molar-refractivity contribution in [3.8, 4) is 0 Å². The largest absolute Gasteiger partial charge is 0.461 e. The Bertz CT molecular complexity index is 353. The monoisotopic (exact) mass is 326 g/mol. The zero-order chi connectivity index (χ0) is 17.0. The molecule has 1 fully saturated rings. The summed E-state index contributed by atoms with van der Waals surface area (Å²) in [7, 11) is 0. The molecule has 0 amide bonds. The zero-order valence-electron chi connectivity index (χ0n) is 15.0. The molecule has 1 aliphatic heterocycles. The van der Waals surface area contributed by atoms with Crippen molar-refractivity contribution in [3.63, 3.8) is 0 Å². The lowest BCUT2D eigenvalue weighted by atomic mass is 9.98. The molecule has 1 atom stereocenters. The van der Waals surface area contributed by atoms with Crippen LogP contribution in [-0.2, 0) is 19.1 Å². The molecule has 0 N–H and O–H groups in total. The molecule has 1 rings (SSSR count). The molecule has 1 unspecified atom stereocenters. The summed E-state index contributed by atoms with van der Waals surface area (Å²) in [5.41, 5.74) is -0.564. The maximum atomic E-state index is 11.8. The van der Waals surface area contributed by atoms with Gasteiger partial charge < -0.3 is 9.47 Å². The maximum absolute atomic E-state index is 11.8. The van der Waals surface area contributed by atoms with Crippen LogP contribution in [0.4, 0.5) is 0 Å². The number of carbonyl (C=O) groups is 2. The van der Waals surface area contributed by atoms with Crippen LogP contribution in [0.5, 0.6) is 0 Å². The summed E-state index contributed by atoms with van der Waals surface area (Å²) in [4.78, 5) is 23.0. The fourth-order valence-electron chi connectivity index (χ4n) is 2.99. The molecular weight excluding hydrogens is 292 g/mol. The minimum absolute atomic E-state index is 0.163. The SMILES string of the molecule is CCCCCCCCCCCC(=O)OCC1(CC)CCC(=O)O1. The molecule has 1 saturated heterocycles. The van der Waals surface area contributed by atoms with Crippen LogP contribution in [0.1, 0.15) is 97.3 Å². The van der Waals surface area contributed by atoms with Gasteiger partial charge in [0.1, 0.15) is 12.2 Å². The second kappa shape index (κ2) is 11.5. The third-order valence-electron chi connectivity index (χ3n) is 4.74. The lowest BCUT2D eigenvalue weighted by Crippen LogP contribution is -2.34. The van der Waals surface area contributed by atoms with E-state index in [0.717, 1.165) is 12.8 Å². The van der Waals surface area contributed by atoms with E-state index in [0.29, 0.717) is 25.7 Å². The molecule has 134 valence electrons. The quantitative estimate of drug-likeness (QED) is 0.355. The fourth-order valence-corrected chi connectivity index (χ4v) is 2.99. The van der Waals surface area contributed by atoms with E-state index in [-0.39, 0.29) is 18.5 Å². The van der Waals surface area contributed by atoms with E-state index in [4.69, 9.17) is 9.47 Å². The number of cyclic esters (lactones) is 1. The summed E-state index contributed by atoms with van der Waals surface area (Å²) in [6.45, 7) is 4.41. The maximum Gasteiger partial charge on any atom is 0.306 e. The third kappa shape index (κ3) is 8.38. The topological polar surface area (TPSA) is 52.6 Å². The van der Waals surface area contributed by atoms with Crippen molar-refractivity contribution in [2.75, 3.05) is 6.61 Å². The second-order valence-corrected chi connectivity index (χ2v) is 6.75. The highest BCUT2D eigenvalue weighted by molar-refractivity contribution is 5.72. The van der Waals surface area contributed by atoms with Gasteiger partial charge in [0.2, 0.25) is 0 Å². The van der Waals surface area contributed by atoms with E-state index in [9.17, 15) is 9.59 Å². The van der Waals surface area contributed by atoms with Gasteiger partial charge in [-0.2, -0.15) is 0 Å². The van der Waals surface area contributed by atoms with Gasteiger partial charge in [0.15, 0.2) is 0 Å². The van der Waals surface area contributed by atoms with Crippen LogP contribution in [0, 0.1) is 0 Å². The van der Waals surface area contributed by atoms with Gasteiger partial charge in [0.25, 0.3) is 0 Å². The Morgan fingerprint density at radius 3 is 2.17 bits per heavy atom. The summed E-state index contributed by atoms with van der Waals surface area (Å²) >= 11 is 0. The van der Waals surface area contributed by atoms with E-state index in [1.807, 2.05) is 6.92 Å². The third-order valence-corrected chi connectivity index (χ3v) is 4.74. The number of ether oxygens (including phenoxy) is 2. The minimum atomic E-state index is -0.564. The molecule has 0 aliphatic carbocycles. The Kier molecular flexibility index (Phi) is 9.97. The van der Waals surface area contributed by atoms with Gasteiger partial charge in [0, 0.05) is 19.3 Å². The van der Waals surface area contributed by atoms with E-state index < -0.39 is 5.60 Å². The number of unbranched alkanes of at least 4 members (excludes halogenated alkanes) is 8. The Morgan fingerprint density at radius 1 is 1.04 bits per heavy atom. The van der Waals surface area contributed by atoms with Crippen molar-refractivity contribution < 1.29 is 19.1 Å². The van der Waals surface area contributed by atoms with E-state index >= 15 is 0 Å². The molecule has 4 nitrogen and oxygen atoms in total.